The Kier molecular flexibility index (Phi) is 3.02. The third-order valence-electron chi connectivity index (χ3n) is 4.85. The largest absolute Gasteiger partial charge is 0.388 e. The van der Waals surface area contributed by atoms with Crippen molar-refractivity contribution in [1.29, 1.82) is 0 Å². The summed E-state index contributed by atoms with van der Waals surface area (Å²) in [4.78, 5) is 2.40. The van der Waals surface area contributed by atoms with Crippen LogP contribution in [0.5, 0.6) is 0 Å². The summed E-state index contributed by atoms with van der Waals surface area (Å²) in [5, 5.41) is 10.4. The van der Waals surface area contributed by atoms with Crippen molar-refractivity contribution in [3.63, 3.8) is 0 Å². The fourth-order valence-corrected chi connectivity index (χ4v) is 4.00. The topological polar surface area (TPSA) is 28.4 Å². The number of hydrogen-bond donors (Lipinski definition) is 1. The van der Waals surface area contributed by atoms with Crippen molar-refractivity contribution in [2.75, 3.05) is 20.1 Å². The Morgan fingerprint density at radius 2 is 2.11 bits per heavy atom. The Bertz CT molecular complexity index is 489. The molecule has 19 heavy (non-hydrogen) atoms. The van der Waals surface area contributed by atoms with Crippen molar-refractivity contribution in [2.45, 2.75) is 52.2 Å². The Morgan fingerprint density at radius 1 is 1.37 bits per heavy atom. The van der Waals surface area contributed by atoms with Gasteiger partial charge in [0.05, 0.1) is 6.10 Å². The zero-order chi connectivity index (χ0) is 13.8. The number of aliphatic hydroxyl groups excluding tert-OH is 1. The number of aryl methyl sites for hydroxylation is 1. The van der Waals surface area contributed by atoms with Crippen molar-refractivity contribution in [2.24, 2.45) is 5.41 Å². The monoisotopic (exact) mass is 262 g/mol. The molecule has 106 valence electrons. The fourth-order valence-electron chi connectivity index (χ4n) is 4.00. The van der Waals surface area contributed by atoms with E-state index in [-0.39, 0.29) is 11.5 Å². The first kappa shape index (κ1) is 13.2. The molecule has 0 bridgehead atoms. The Hall–Kier alpha value is -0.800. The molecule has 3 rings (SSSR count). The molecular weight excluding hydrogens is 236 g/mol. The van der Waals surface area contributed by atoms with E-state index in [9.17, 15) is 5.11 Å². The summed E-state index contributed by atoms with van der Waals surface area (Å²) in [6, 6.07) is 2.81. The van der Waals surface area contributed by atoms with Gasteiger partial charge in [-0.2, -0.15) is 0 Å². The lowest BCUT2D eigenvalue weighted by Crippen LogP contribution is -2.28. The van der Waals surface area contributed by atoms with Crippen LogP contribution in [-0.2, 0) is 6.42 Å². The standard InChI is InChI=1S/C16H26N2O/c1-11-7-13-14(8-16(2,3)9-15(13)19)18(11)12-5-6-17(4)10-12/h7,12,15,19H,5-6,8-10H2,1-4H3. The van der Waals surface area contributed by atoms with Gasteiger partial charge < -0.3 is 14.6 Å². The maximum absolute atomic E-state index is 10.4. The second-order valence-electron chi connectivity index (χ2n) is 7.32. The van der Waals surface area contributed by atoms with E-state index in [0.29, 0.717) is 6.04 Å². The number of likely N-dealkylation sites (tertiary alicyclic amines) is 1. The molecule has 1 N–H and O–H groups in total. The molecule has 2 atom stereocenters. The first-order valence-corrected chi connectivity index (χ1v) is 7.44. The van der Waals surface area contributed by atoms with E-state index < -0.39 is 0 Å². The zero-order valence-electron chi connectivity index (χ0n) is 12.6. The third-order valence-corrected chi connectivity index (χ3v) is 4.85. The van der Waals surface area contributed by atoms with E-state index in [4.69, 9.17) is 0 Å². The summed E-state index contributed by atoms with van der Waals surface area (Å²) in [5.74, 6) is 0. The first-order chi connectivity index (χ1) is 8.87. The molecule has 1 aliphatic carbocycles. The van der Waals surface area contributed by atoms with Crippen LogP contribution in [0.3, 0.4) is 0 Å². The molecule has 3 nitrogen and oxygen atoms in total. The number of aliphatic hydroxyl groups is 1. The van der Waals surface area contributed by atoms with Gasteiger partial charge in [0, 0.05) is 29.5 Å². The molecule has 0 aromatic carbocycles. The lowest BCUT2D eigenvalue weighted by atomic mass is 9.75. The molecular formula is C16H26N2O. The molecule has 2 unspecified atom stereocenters. The van der Waals surface area contributed by atoms with Gasteiger partial charge in [0.2, 0.25) is 0 Å². The average Bonchev–Trinajstić information content (AvgIpc) is 2.81. The molecule has 2 heterocycles. The van der Waals surface area contributed by atoms with Gasteiger partial charge in [-0.15, -0.1) is 0 Å². The minimum absolute atomic E-state index is 0.208. The molecule has 1 aliphatic heterocycles. The van der Waals surface area contributed by atoms with E-state index in [1.807, 2.05) is 0 Å². The number of aromatic nitrogens is 1. The molecule has 0 amide bonds. The van der Waals surface area contributed by atoms with Gasteiger partial charge in [0.1, 0.15) is 0 Å². The third kappa shape index (κ3) is 2.23. The molecule has 1 aromatic heterocycles. The lowest BCUT2D eigenvalue weighted by molar-refractivity contribution is 0.0974. The second kappa shape index (κ2) is 4.35. The normalized spacial score (nSPS) is 30.6. The second-order valence-corrected chi connectivity index (χ2v) is 7.32. The summed E-state index contributed by atoms with van der Waals surface area (Å²) in [5.41, 5.74) is 4.11. The van der Waals surface area contributed by atoms with Crippen LogP contribution < -0.4 is 0 Å². The van der Waals surface area contributed by atoms with Gasteiger partial charge in [-0.25, -0.2) is 0 Å². The molecule has 1 aromatic rings. The number of fused-ring (bicyclic) bond motifs is 1. The van der Waals surface area contributed by atoms with Crippen molar-refractivity contribution >= 4 is 0 Å². The summed E-state index contributed by atoms with van der Waals surface area (Å²) in [6.07, 6.45) is 2.93. The van der Waals surface area contributed by atoms with Crippen LogP contribution in [0.1, 0.15) is 55.8 Å². The maximum Gasteiger partial charge on any atom is 0.0812 e. The predicted octanol–water partition coefficient (Wildman–Crippen LogP) is 2.68. The fraction of sp³-hybridized carbons (Fsp3) is 0.750. The van der Waals surface area contributed by atoms with Crippen molar-refractivity contribution in [1.82, 2.24) is 9.47 Å². The number of rotatable bonds is 1. The van der Waals surface area contributed by atoms with E-state index in [0.717, 1.165) is 19.4 Å². The number of likely N-dealkylation sites (N-methyl/N-ethyl adjacent to an activating group) is 1. The molecule has 0 saturated carbocycles. The average molecular weight is 262 g/mol. The summed E-state index contributed by atoms with van der Waals surface area (Å²) < 4.78 is 2.52. The van der Waals surface area contributed by atoms with Gasteiger partial charge in [0.15, 0.2) is 0 Å². The molecule has 0 spiro atoms. The highest BCUT2D eigenvalue weighted by Gasteiger charge is 2.36. The van der Waals surface area contributed by atoms with Crippen LogP contribution in [0.15, 0.2) is 6.07 Å². The van der Waals surface area contributed by atoms with Gasteiger partial charge in [-0.1, -0.05) is 13.8 Å². The molecule has 1 fully saturated rings. The van der Waals surface area contributed by atoms with Crippen LogP contribution in [-0.4, -0.2) is 34.7 Å². The van der Waals surface area contributed by atoms with Crippen molar-refractivity contribution in [3.8, 4) is 0 Å². The summed E-state index contributed by atoms with van der Waals surface area (Å²) in [6.45, 7) is 9.05. The summed E-state index contributed by atoms with van der Waals surface area (Å²) in [7, 11) is 2.20. The van der Waals surface area contributed by atoms with Crippen molar-refractivity contribution in [3.05, 3.63) is 23.0 Å². The van der Waals surface area contributed by atoms with Gasteiger partial charge in [-0.3, -0.25) is 0 Å². The quantitative estimate of drug-likeness (QED) is 0.843. The highest BCUT2D eigenvalue weighted by Crippen LogP contribution is 2.43. The first-order valence-electron chi connectivity index (χ1n) is 7.44. The van der Waals surface area contributed by atoms with Crippen LogP contribution in [0.4, 0.5) is 0 Å². The Morgan fingerprint density at radius 3 is 2.74 bits per heavy atom. The van der Waals surface area contributed by atoms with Crippen LogP contribution in [0, 0.1) is 12.3 Å². The SMILES string of the molecule is Cc1cc2c(n1C1CCN(C)C1)CC(C)(C)CC2O. The Balaban J connectivity index is 2.02. The van der Waals surface area contributed by atoms with Crippen molar-refractivity contribution < 1.29 is 5.11 Å². The minimum atomic E-state index is -0.280. The molecule has 0 radical (unpaired) electrons. The molecule has 3 heteroatoms. The molecule has 2 aliphatic rings. The maximum atomic E-state index is 10.4. The lowest BCUT2D eigenvalue weighted by Gasteiger charge is -2.35. The molecule has 1 saturated heterocycles. The van der Waals surface area contributed by atoms with E-state index in [1.54, 1.807) is 0 Å². The van der Waals surface area contributed by atoms with E-state index in [2.05, 4.69) is 43.4 Å². The highest BCUT2D eigenvalue weighted by atomic mass is 16.3. The van der Waals surface area contributed by atoms with Gasteiger partial charge in [-0.05, 0) is 51.3 Å². The number of hydrogen-bond acceptors (Lipinski definition) is 2. The van der Waals surface area contributed by atoms with Crippen LogP contribution in [0.2, 0.25) is 0 Å². The number of nitrogens with zero attached hydrogens (tertiary/aromatic N) is 2. The minimum Gasteiger partial charge on any atom is -0.388 e. The smallest absolute Gasteiger partial charge is 0.0812 e. The summed E-state index contributed by atoms with van der Waals surface area (Å²) >= 11 is 0. The highest BCUT2D eigenvalue weighted by molar-refractivity contribution is 5.34. The van der Waals surface area contributed by atoms with Crippen LogP contribution >= 0.6 is 0 Å². The van der Waals surface area contributed by atoms with Gasteiger partial charge >= 0.3 is 0 Å². The van der Waals surface area contributed by atoms with Crippen LogP contribution in [0.25, 0.3) is 0 Å². The zero-order valence-corrected chi connectivity index (χ0v) is 12.6. The van der Waals surface area contributed by atoms with Gasteiger partial charge in [0.25, 0.3) is 0 Å². The van der Waals surface area contributed by atoms with E-state index in [1.165, 1.54) is 29.9 Å². The predicted molar refractivity (Wildman–Crippen MR) is 77.4 cm³/mol. The Labute approximate surface area is 116 Å². The van der Waals surface area contributed by atoms with E-state index >= 15 is 0 Å².